The van der Waals surface area contributed by atoms with Crippen LogP contribution in [0.1, 0.15) is 49.2 Å². The van der Waals surface area contributed by atoms with Crippen LogP contribution in [0, 0.1) is 11.3 Å². The Morgan fingerprint density at radius 1 is 1.24 bits per heavy atom. The number of aromatic amines is 1. The molecule has 0 atom stereocenters. The molecule has 0 unspecified atom stereocenters. The zero-order chi connectivity index (χ0) is 24.9. The van der Waals surface area contributed by atoms with Gasteiger partial charge in [0.25, 0.3) is 5.91 Å². The Bertz CT molecular complexity index is 951. The van der Waals surface area contributed by atoms with E-state index in [4.69, 9.17) is 9.90 Å². The molecule has 2 fully saturated rings. The molecular weight excluding hydrogens is 455 g/mol. The van der Waals surface area contributed by atoms with Crippen LogP contribution in [-0.4, -0.2) is 84.3 Å². The molecule has 4 heterocycles. The summed E-state index contributed by atoms with van der Waals surface area (Å²) in [6.45, 7) is 10.3. The van der Waals surface area contributed by atoms with Gasteiger partial charge in [0.15, 0.2) is 0 Å². The number of rotatable bonds is 5. The number of hydrogen-bond acceptors (Lipinski definition) is 6. The lowest BCUT2D eigenvalue weighted by Crippen LogP contribution is -2.39. The number of amides is 1. The molecule has 0 aromatic carbocycles. The molecule has 0 saturated carbocycles. The van der Waals surface area contributed by atoms with E-state index < -0.39 is 12.1 Å². The van der Waals surface area contributed by atoms with Gasteiger partial charge in [-0.05, 0) is 37.1 Å². The molecule has 13 heteroatoms. The second-order valence-corrected chi connectivity index (χ2v) is 9.58. The molecule has 0 aliphatic carbocycles. The summed E-state index contributed by atoms with van der Waals surface area (Å²) in [6, 6.07) is 0. The normalized spacial score (nSPS) is 19.0. The number of likely N-dealkylation sites (tertiary alicyclic amines) is 2. The van der Waals surface area contributed by atoms with Crippen molar-refractivity contribution < 1.29 is 27.9 Å². The summed E-state index contributed by atoms with van der Waals surface area (Å²) < 4.78 is 33.7. The predicted molar refractivity (Wildman–Crippen MR) is 115 cm³/mol. The van der Waals surface area contributed by atoms with Gasteiger partial charge in [0.1, 0.15) is 0 Å². The first-order chi connectivity index (χ1) is 15.9. The lowest BCUT2D eigenvalue weighted by atomic mass is 9.93. The van der Waals surface area contributed by atoms with E-state index in [9.17, 15) is 18.0 Å². The third-order valence-corrected chi connectivity index (χ3v) is 6.06. The summed E-state index contributed by atoms with van der Waals surface area (Å²) in [5.41, 5.74) is 2.11. The van der Waals surface area contributed by atoms with E-state index in [0.717, 1.165) is 57.8 Å². The minimum Gasteiger partial charge on any atom is -0.475 e. The zero-order valence-corrected chi connectivity index (χ0v) is 19.3. The highest BCUT2D eigenvalue weighted by molar-refractivity contribution is 5.93. The second-order valence-electron chi connectivity index (χ2n) is 9.58. The third-order valence-electron chi connectivity index (χ3n) is 6.06. The first-order valence-corrected chi connectivity index (χ1v) is 11.1. The van der Waals surface area contributed by atoms with E-state index in [1.807, 2.05) is 9.58 Å². The number of halogens is 3. The van der Waals surface area contributed by atoms with Crippen LogP contribution < -0.4 is 0 Å². The van der Waals surface area contributed by atoms with Crippen molar-refractivity contribution in [2.75, 3.05) is 26.2 Å². The number of piperidine rings is 1. The predicted octanol–water partition coefficient (Wildman–Crippen LogP) is 2.42. The average molecular weight is 486 g/mol. The Morgan fingerprint density at radius 3 is 2.44 bits per heavy atom. The van der Waals surface area contributed by atoms with Crippen LogP contribution in [-0.2, 0) is 17.9 Å². The molecule has 4 rings (SSSR count). The minimum absolute atomic E-state index is 0.0683. The van der Waals surface area contributed by atoms with E-state index in [1.54, 1.807) is 12.4 Å². The molecule has 2 aromatic heterocycles. The molecule has 2 saturated heterocycles. The Balaban J connectivity index is 0.000000406. The molecule has 10 nitrogen and oxygen atoms in total. The minimum atomic E-state index is -5.08. The fourth-order valence-electron chi connectivity index (χ4n) is 4.22. The van der Waals surface area contributed by atoms with Crippen LogP contribution in [0.5, 0.6) is 0 Å². The van der Waals surface area contributed by atoms with Crippen molar-refractivity contribution >= 4 is 11.9 Å². The van der Waals surface area contributed by atoms with Crippen molar-refractivity contribution in [3.05, 3.63) is 29.8 Å². The smallest absolute Gasteiger partial charge is 0.475 e. The standard InChI is InChI=1S/C19H29N7O.C2HF3O2/c1-19(2)5-8-24(14-19)12-17-13-26(23-22-17)11-15-3-6-25(7-4-15)18(27)16-9-20-21-10-16;3-2(4,5)1(6)7/h9-10,13,15H,3-8,11-12,14H2,1-2H3,(H,20,21);(H,6,7). The van der Waals surface area contributed by atoms with Crippen LogP contribution in [0.2, 0.25) is 0 Å². The third kappa shape index (κ3) is 7.27. The topological polar surface area (TPSA) is 120 Å². The molecule has 2 N–H and O–H groups in total. The van der Waals surface area contributed by atoms with Crippen LogP contribution in [0.15, 0.2) is 18.6 Å². The van der Waals surface area contributed by atoms with Gasteiger partial charge in [-0.1, -0.05) is 19.1 Å². The fraction of sp³-hybridized carbons (Fsp3) is 0.667. The highest BCUT2D eigenvalue weighted by Gasteiger charge is 2.38. The number of alkyl halides is 3. The highest BCUT2D eigenvalue weighted by Crippen LogP contribution is 2.29. The van der Waals surface area contributed by atoms with Crippen molar-refractivity contribution in [2.24, 2.45) is 11.3 Å². The molecule has 0 bridgehead atoms. The fourth-order valence-corrected chi connectivity index (χ4v) is 4.22. The molecule has 188 valence electrons. The van der Waals surface area contributed by atoms with Gasteiger partial charge in [0, 0.05) is 45.1 Å². The molecule has 2 aromatic rings. The van der Waals surface area contributed by atoms with Gasteiger partial charge in [0.2, 0.25) is 0 Å². The maximum absolute atomic E-state index is 12.4. The lowest BCUT2D eigenvalue weighted by Gasteiger charge is -2.31. The number of nitrogens with one attached hydrogen (secondary N) is 1. The van der Waals surface area contributed by atoms with Gasteiger partial charge in [-0.2, -0.15) is 18.3 Å². The first kappa shape index (κ1) is 25.7. The Hall–Kier alpha value is -2.96. The van der Waals surface area contributed by atoms with Crippen molar-refractivity contribution in [1.29, 1.82) is 0 Å². The van der Waals surface area contributed by atoms with Gasteiger partial charge in [-0.3, -0.25) is 19.5 Å². The van der Waals surface area contributed by atoms with Gasteiger partial charge >= 0.3 is 12.1 Å². The van der Waals surface area contributed by atoms with Gasteiger partial charge in [-0.25, -0.2) is 4.79 Å². The summed E-state index contributed by atoms with van der Waals surface area (Å²) in [5, 5.41) is 22.4. The quantitative estimate of drug-likeness (QED) is 0.667. The number of nitrogens with zero attached hydrogens (tertiary/aromatic N) is 6. The molecular formula is C21H30F3N7O3. The Kier molecular flexibility index (Phi) is 7.95. The van der Waals surface area contributed by atoms with Crippen LogP contribution in [0.4, 0.5) is 13.2 Å². The van der Waals surface area contributed by atoms with E-state index in [-0.39, 0.29) is 5.91 Å². The summed E-state index contributed by atoms with van der Waals surface area (Å²) in [5.74, 6) is -2.15. The Labute approximate surface area is 195 Å². The first-order valence-electron chi connectivity index (χ1n) is 11.1. The maximum Gasteiger partial charge on any atom is 0.490 e. The van der Waals surface area contributed by atoms with E-state index >= 15 is 0 Å². The number of hydrogen-bond donors (Lipinski definition) is 2. The monoisotopic (exact) mass is 485 g/mol. The molecule has 0 radical (unpaired) electrons. The zero-order valence-electron chi connectivity index (χ0n) is 19.3. The average Bonchev–Trinajstić information content (AvgIpc) is 3.50. The second kappa shape index (κ2) is 10.5. The lowest BCUT2D eigenvalue weighted by molar-refractivity contribution is -0.192. The van der Waals surface area contributed by atoms with Crippen molar-refractivity contribution in [2.45, 2.75) is 52.4 Å². The summed E-state index contributed by atoms with van der Waals surface area (Å²) >= 11 is 0. The molecule has 0 spiro atoms. The summed E-state index contributed by atoms with van der Waals surface area (Å²) in [6.07, 6.45) is 3.50. The van der Waals surface area contributed by atoms with Crippen molar-refractivity contribution in [3.63, 3.8) is 0 Å². The molecule has 1 amide bonds. The number of aromatic nitrogens is 5. The van der Waals surface area contributed by atoms with Crippen molar-refractivity contribution in [1.82, 2.24) is 35.0 Å². The molecule has 2 aliphatic heterocycles. The van der Waals surface area contributed by atoms with E-state index in [2.05, 4.69) is 45.5 Å². The van der Waals surface area contributed by atoms with E-state index in [1.165, 1.54) is 6.42 Å². The number of carboxylic acid groups (broad SMARTS) is 1. The van der Waals surface area contributed by atoms with Crippen LogP contribution in [0.25, 0.3) is 0 Å². The number of H-pyrrole nitrogens is 1. The number of carboxylic acids is 1. The van der Waals surface area contributed by atoms with Gasteiger partial charge in [0.05, 0.1) is 17.5 Å². The number of carbonyl (C=O) groups excluding carboxylic acids is 1. The SMILES string of the molecule is CC1(C)CCN(Cc2cn(CC3CCN(C(=O)c4cn[nH]c4)CC3)nn2)C1.O=C(O)C(F)(F)F. The number of aliphatic carboxylic acids is 1. The number of carbonyl (C=O) groups is 2. The van der Waals surface area contributed by atoms with Gasteiger partial charge < -0.3 is 10.0 Å². The molecule has 2 aliphatic rings. The molecule has 34 heavy (non-hydrogen) atoms. The highest BCUT2D eigenvalue weighted by atomic mass is 19.4. The van der Waals surface area contributed by atoms with E-state index in [0.29, 0.717) is 16.9 Å². The van der Waals surface area contributed by atoms with Gasteiger partial charge in [-0.15, -0.1) is 5.10 Å². The maximum atomic E-state index is 12.4. The summed E-state index contributed by atoms with van der Waals surface area (Å²) in [4.78, 5) is 25.7. The Morgan fingerprint density at radius 2 is 1.91 bits per heavy atom. The summed E-state index contributed by atoms with van der Waals surface area (Å²) in [7, 11) is 0. The largest absolute Gasteiger partial charge is 0.490 e. The van der Waals surface area contributed by atoms with Crippen LogP contribution >= 0.6 is 0 Å². The van der Waals surface area contributed by atoms with Crippen molar-refractivity contribution in [3.8, 4) is 0 Å². The van der Waals surface area contributed by atoms with Crippen LogP contribution in [0.3, 0.4) is 0 Å².